The van der Waals surface area contributed by atoms with Crippen molar-refractivity contribution in [1.29, 1.82) is 0 Å². The van der Waals surface area contributed by atoms with Crippen LogP contribution in [-0.2, 0) is 17.8 Å². The summed E-state index contributed by atoms with van der Waals surface area (Å²) in [6.45, 7) is 6.41. The highest BCUT2D eigenvalue weighted by Gasteiger charge is 2.31. The summed E-state index contributed by atoms with van der Waals surface area (Å²) in [4.78, 5) is 14.8. The van der Waals surface area contributed by atoms with Gasteiger partial charge in [-0.2, -0.15) is 5.10 Å². The maximum Gasteiger partial charge on any atom is 0.239 e. The number of hydrogen-bond acceptors (Lipinski definition) is 3. The minimum Gasteiger partial charge on any atom is -0.310 e. The Bertz CT molecular complexity index is 778. The van der Waals surface area contributed by atoms with Crippen LogP contribution >= 0.6 is 0 Å². The molecule has 1 aromatic heterocycles. The summed E-state index contributed by atoms with van der Waals surface area (Å²) in [5.41, 5.74) is 3.78. The van der Waals surface area contributed by atoms with Crippen LogP contribution in [0.15, 0.2) is 30.5 Å². The van der Waals surface area contributed by atoms with E-state index in [1.807, 2.05) is 17.8 Å². The quantitative estimate of drug-likeness (QED) is 0.911. The van der Waals surface area contributed by atoms with E-state index in [0.29, 0.717) is 18.5 Å². The van der Waals surface area contributed by atoms with Gasteiger partial charge in [0, 0.05) is 18.7 Å². The van der Waals surface area contributed by atoms with E-state index in [-0.39, 0.29) is 5.91 Å². The summed E-state index contributed by atoms with van der Waals surface area (Å²) >= 11 is 0. The number of fused-ring (bicyclic) bond motifs is 1. The summed E-state index contributed by atoms with van der Waals surface area (Å²) in [5, 5.41) is 7.61. The molecule has 2 aromatic rings. The molecule has 0 spiro atoms. The molecule has 1 N–H and O–H groups in total. The molecule has 5 heteroatoms. The number of anilines is 1. The molecule has 2 heterocycles. The lowest BCUT2D eigenvalue weighted by molar-refractivity contribution is -0.117. The molecule has 1 aromatic carbocycles. The van der Waals surface area contributed by atoms with Crippen LogP contribution in [0.1, 0.15) is 42.5 Å². The van der Waals surface area contributed by atoms with Crippen LogP contribution in [-0.4, -0.2) is 33.7 Å². The normalized spacial score (nSPS) is 18.6. The number of benzene rings is 1. The minimum absolute atomic E-state index is 0.0484. The van der Waals surface area contributed by atoms with E-state index in [9.17, 15) is 4.79 Å². The maximum absolute atomic E-state index is 12.6. The molecule has 0 bridgehead atoms. The summed E-state index contributed by atoms with van der Waals surface area (Å²) in [6.07, 6.45) is 5.39. The lowest BCUT2D eigenvalue weighted by atomic mass is 10.00. The smallest absolute Gasteiger partial charge is 0.239 e. The Morgan fingerprint density at radius 1 is 1.32 bits per heavy atom. The molecule has 0 saturated heterocycles. The van der Waals surface area contributed by atoms with Crippen molar-refractivity contribution in [1.82, 2.24) is 14.7 Å². The van der Waals surface area contributed by atoms with Gasteiger partial charge in [0.1, 0.15) is 5.82 Å². The van der Waals surface area contributed by atoms with Crippen LogP contribution in [0.3, 0.4) is 0 Å². The van der Waals surface area contributed by atoms with Crippen molar-refractivity contribution in [2.24, 2.45) is 5.92 Å². The molecule has 132 valence electrons. The Balaban J connectivity index is 1.41. The number of carbonyl (C=O) groups excluding carboxylic acids is 1. The van der Waals surface area contributed by atoms with E-state index < -0.39 is 0 Å². The van der Waals surface area contributed by atoms with Crippen molar-refractivity contribution in [3.05, 3.63) is 47.2 Å². The third-order valence-electron chi connectivity index (χ3n) is 5.50. The van der Waals surface area contributed by atoms with Crippen molar-refractivity contribution < 1.29 is 4.79 Å². The lowest BCUT2D eigenvalue weighted by Crippen LogP contribution is -2.37. The molecule has 1 aliphatic carbocycles. The highest BCUT2D eigenvalue weighted by atomic mass is 16.2. The average molecular weight is 338 g/mol. The fourth-order valence-corrected chi connectivity index (χ4v) is 3.76. The summed E-state index contributed by atoms with van der Waals surface area (Å²) in [6, 6.07) is 8.87. The van der Waals surface area contributed by atoms with Crippen molar-refractivity contribution in [2.45, 2.75) is 45.7 Å². The van der Waals surface area contributed by atoms with E-state index in [0.717, 1.165) is 30.9 Å². The highest BCUT2D eigenvalue weighted by Crippen LogP contribution is 2.40. The van der Waals surface area contributed by atoms with Crippen molar-refractivity contribution in [3.63, 3.8) is 0 Å². The van der Waals surface area contributed by atoms with Crippen molar-refractivity contribution >= 4 is 11.7 Å². The van der Waals surface area contributed by atoms with Gasteiger partial charge in [-0.15, -0.1) is 0 Å². The minimum atomic E-state index is 0.0484. The predicted molar refractivity (Wildman–Crippen MR) is 98.5 cm³/mol. The van der Waals surface area contributed by atoms with Gasteiger partial charge in [-0.25, -0.2) is 4.68 Å². The molecule has 1 aliphatic heterocycles. The molecule has 0 unspecified atom stereocenters. The number of aryl methyl sites for hydroxylation is 1. The van der Waals surface area contributed by atoms with Gasteiger partial charge in [-0.3, -0.25) is 9.69 Å². The number of carbonyl (C=O) groups is 1. The van der Waals surface area contributed by atoms with Gasteiger partial charge < -0.3 is 5.32 Å². The van der Waals surface area contributed by atoms with E-state index in [2.05, 4.69) is 46.5 Å². The molecule has 1 fully saturated rings. The number of rotatable bonds is 5. The lowest BCUT2D eigenvalue weighted by Gasteiger charge is -2.28. The van der Waals surface area contributed by atoms with Crippen LogP contribution in [0.5, 0.6) is 0 Å². The maximum atomic E-state index is 12.6. The monoisotopic (exact) mass is 338 g/mol. The first-order chi connectivity index (χ1) is 12.1. The van der Waals surface area contributed by atoms with E-state index >= 15 is 0 Å². The van der Waals surface area contributed by atoms with Crippen molar-refractivity contribution in [3.8, 4) is 0 Å². The Labute approximate surface area is 149 Å². The first-order valence-corrected chi connectivity index (χ1v) is 9.25. The third kappa shape index (κ3) is 3.47. The first-order valence-electron chi connectivity index (χ1n) is 9.25. The van der Waals surface area contributed by atoms with E-state index in [1.165, 1.54) is 24.0 Å². The van der Waals surface area contributed by atoms with Gasteiger partial charge in [0.25, 0.3) is 0 Å². The third-order valence-corrected chi connectivity index (χ3v) is 5.50. The Kier molecular flexibility index (Phi) is 4.34. The molecule has 4 rings (SSSR count). The van der Waals surface area contributed by atoms with Crippen molar-refractivity contribution in [2.75, 3.05) is 18.4 Å². The van der Waals surface area contributed by atoms with Crippen LogP contribution in [0.2, 0.25) is 0 Å². The zero-order chi connectivity index (χ0) is 17.4. The standard InChI is InChI=1S/C20H26N4O/c1-14-11-21-24(15(2)16-7-8-16)20(14)22-19(25)13-23-10-9-17-5-3-4-6-18(17)12-23/h3-6,11,15-16H,7-10,12-13H2,1-2H3,(H,22,25)/t15-/m0/s1. The van der Waals surface area contributed by atoms with Gasteiger partial charge in [-0.05, 0) is 50.2 Å². The summed E-state index contributed by atoms with van der Waals surface area (Å²) < 4.78 is 2.00. The molecule has 1 amide bonds. The van der Waals surface area contributed by atoms with E-state index in [4.69, 9.17) is 0 Å². The van der Waals surface area contributed by atoms with Crippen LogP contribution in [0.25, 0.3) is 0 Å². The molecular weight excluding hydrogens is 312 g/mol. The molecule has 1 atom stereocenters. The van der Waals surface area contributed by atoms with Gasteiger partial charge in [-0.1, -0.05) is 24.3 Å². The largest absolute Gasteiger partial charge is 0.310 e. The number of nitrogens with zero attached hydrogens (tertiary/aromatic N) is 3. The molecule has 2 aliphatic rings. The SMILES string of the molecule is Cc1cnn([C@@H](C)C2CC2)c1NC(=O)CN1CCc2ccccc2C1. The zero-order valence-corrected chi connectivity index (χ0v) is 15.0. The van der Waals surface area contributed by atoms with E-state index in [1.54, 1.807) is 0 Å². The molecule has 25 heavy (non-hydrogen) atoms. The Morgan fingerprint density at radius 3 is 2.84 bits per heavy atom. The van der Waals surface area contributed by atoms with Crippen LogP contribution in [0, 0.1) is 12.8 Å². The first kappa shape index (κ1) is 16.3. The summed E-state index contributed by atoms with van der Waals surface area (Å²) in [7, 11) is 0. The fourth-order valence-electron chi connectivity index (χ4n) is 3.76. The topological polar surface area (TPSA) is 50.2 Å². The van der Waals surface area contributed by atoms with Gasteiger partial charge in [0.2, 0.25) is 5.91 Å². The number of amides is 1. The number of nitrogens with one attached hydrogen (secondary N) is 1. The van der Waals surface area contributed by atoms with Gasteiger partial charge in [0.15, 0.2) is 0 Å². The molecule has 1 saturated carbocycles. The number of aromatic nitrogens is 2. The number of hydrogen-bond donors (Lipinski definition) is 1. The fraction of sp³-hybridized carbons (Fsp3) is 0.500. The van der Waals surface area contributed by atoms with Gasteiger partial charge in [0.05, 0.1) is 18.8 Å². The van der Waals surface area contributed by atoms with Crippen LogP contribution < -0.4 is 5.32 Å². The predicted octanol–water partition coefficient (Wildman–Crippen LogP) is 3.16. The van der Waals surface area contributed by atoms with Gasteiger partial charge >= 0.3 is 0 Å². The zero-order valence-electron chi connectivity index (χ0n) is 15.0. The molecule has 0 radical (unpaired) electrons. The second-order valence-corrected chi connectivity index (χ2v) is 7.48. The van der Waals surface area contributed by atoms with Crippen LogP contribution in [0.4, 0.5) is 5.82 Å². The highest BCUT2D eigenvalue weighted by molar-refractivity contribution is 5.92. The second kappa shape index (κ2) is 6.64. The Morgan fingerprint density at radius 2 is 2.08 bits per heavy atom. The molecular formula is C20H26N4O. The summed E-state index contributed by atoms with van der Waals surface area (Å²) in [5.74, 6) is 1.61. The average Bonchev–Trinajstić information content (AvgIpc) is 3.40. The second-order valence-electron chi connectivity index (χ2n) is 7.48. The molecule has 5 nitrogen and oxygen atoms in total. The Hall–Kier alpha value is -2.14.